The van der Waals surface area contributed by atoms with E-state index in [1.165, 1.54) is 5.56 Å². The summed E-state index contributed by atoms with van der Waals surface area (Å²) in [6.07, 6.45) is 1.22. The Kier molecular flexibility index (Phi) is 5.49. The van der Waals surface area contributed by atoms with Crippen molar-refractivity contribution in [1.82, 2.24) is 5.32 Å². The molecule has 0 aromatic heterocycles. The van der Waals surface area contributed by atoms with E-state index in [-0.39, 0.29) is 24.2 Å². The summed E-state index contributed by atoms with van der Waals surface area (Å²) in [5.41, 5.74) is 2.13. The molecule has 0 spiro atoms. The third-order valence-corrected chi connectivity index (χ3v) is 4.62. The predicted octanol–water partition coefficient (Wildman–Crippen LogP) is 3.03. The lowest BCUT2D eigenvalue weighted by Crippen LogP contribution is -2.35. The van der Waals surface area contributed by atoms with Crippen LogP contribution in [0.4, 0.5) is 5.69 Å². The second kappa shape index (κ2) is 7.97. The van der Waals surface area contributed by atoms with Gasteiger partial charge in [0.15, 0.2) is 0 Å². The maximum absolute atomic E-state index is 12.4. The number of para-hydroxylation sites is 1. The fraction of sp³-hybridized carbons (Fsp3) is 0.333. The largest absolute Gasteiger partial charge is 0.356 e. The minimum absolute atomic E-state index is 0.0173. The molecule has 0 radical (unpaired) electrons. The smallest absolute Gasteiger partial charge is 0.227 e. The molecule has 4 heteroatoms. The zero-order valence-electron chi connectivity index (χ0n) is 14.5. The molecule has 1 N–H and O–H groups in total. The molecular formula is C21H24N2O2. The molecule has 1 fully saturated rings. The summed E-state index contributed by atoms with van der Waals surface area (Å²) in [6.45, 7) is 3.22. The van der Waals surface area contributed by atoms with Gasteiger partial charge in [0.1, 0.15) is 0 Å². The first-order valence-electron chi connectivity index (χ1n) is 8.80. The number of amides is 2. The van der Waals surface area contributed by atoms with Crippen LogP contribution in [-0.2, 0) is 16.0 Å². The van der Waals surface area contributed by atoms with Gasteiger partial charge in [-0.2, -0.15) is 0 Å². The molecule has 0 bridgehead atoms. The summed E-state index contributed by atoms with van der Waals surface area (Å²) in [6, 6.07) is 19.8. The monoisotopic (exact) mass is 336 g/mol. The van der Waals surface area contributed by atoms with Gasteiger partial charge in [-0.3, -0.25) is 9.59 Å². The normalized spacial score (nSPS) is 18.2. The lowest BCUT2D eigenvalue weighted by atomic mass is 10.0. The van der Waals surface area contributed by atoms with E-state index in [1.807, 2.05) is 48.5 Å². The number of hydrogen-bond donors (Lipinski definition) is 1. The van der Waals surface area contributed by atoms with Gasteiger partial charge >= 0.3 is 0 Å². The Bertz CT molecular complexity index is 715. The fourth-order valence-electron chi connectivity index (χ4n) is 3.25. The van der Waals surface area contributed by atoms with Crippen LogP contribution in [0.1, 0.15) is 18.9 Å². The second-order valence-corrected chi connectivity index (χ2v) is 6.78. The van der Waals surface area contributed by atoms with E-state index in [0.717, 1.165) is 12.1 Å². The van der Waals surface area contributed by atoms with Crippen LogP contribution in [0.25, 0.3) is 0 Å². The lowest BCUT2D eigenvalue weighted by molar-refractivity contribution is -0.126. The summed E-state index contributed by atoms with van der Waals surface area (Å²) < 4.78 is 0. The van der Waals surface area contributed by atoms with Crippen LogP contribution in [0, 0.1) is 11.8 Å². The molecule has 1 saturated heterocycles. The van der Waals surface area contributed by atoms with Crippen LogP contribution >= 0.6 is 0 Å². The third-order valence-electron chi connectivity index (χ3n) is 4.62. The minimum atomic E-state index is -0.267. The molecule has 3 rings (SSSR count). The Morgan fingerprint density at radius 1 is 1.12 bits per heavy atom. The maximum Gasteiger partial charge on any atom is 0.227 e. The summed E-state index contributed by atoms with van der Waals surface area (Å²) in [5, 5.41) is 3.02. The van der Waals surface area contributed by atoms with Crippen LogP contribution in [0.5, 0.6) is 0 Å². The van der Waals surface area contributed by atoms with E-state index in [1.54, 1.807) is 4.90 Å². The van der Waals surface area contributed by atoms with Gasteiger partial charge in [0.2, 0.25) is 11.8 Å². The average Bonchev–Trinajstić information content (AvgIpc) is 3.03. The van der Waals surface area contributed by atoms with Gasteiger partial charge in [0.05, 0.1) is 5.92 Å². The second-order valence-electron chi connectivity index (χ2n) is 6.78. The number of nitrogens with zero attached hydrogens (tertiary/aromatic N) is 1. The van der Waals surface area contributed by atoms with Crippen LogP contribution in [0.15, 0.2) is 60.7 Å². The van der Waals surface area contributed by atoms with E-state index in [4.69, 9.17) is 0 Å². The van der Waals surface area contributed by atoms with E-state index in [9.17, 15) is 9.59 Å². The molecule has 4 nitrogen and oxygen atoms in total. The Morgan fingerprint density at radius 3 is 2.44 bits per heavy atom. The Labute approximate surface area is 148 Å². The van der Waals surface area contributed by atoms with Crippen molar-refractivity contribution in [3.63, 3.8) is 0 Å². The van der Waals surface area contributed by atoms with E-state index < -0.39 is 0 Å². The SMILES string of the molecule is CC(CNC(=O)C1CC(=O)N(c2ccccc2)C1)Cc1ccccc1. The van der Waals surface area contributed by atoms with Gasteiger partial charge in [-0.25, -0.2) is 0 Å². The molecule has 0 saturated carbocycles. The van der Waals surface area contributed by atoms with Crippen molar-refractivity contribution in [3.05, 3.63) is 66.2 Å². The molecule has 1 aliphatic heterocycles. The molecule has 2 unspecified atom stereocenters. The molecule has 2 atom stereocenters. The van der Waals surface area contributed by atoms with Crippen molar-refractivity contribution in [2.45, 2.75) is 19.8 Å². The highest BCUT2D eigenvalue weighted by molar-refractivity contribution is 6.00. The Balaban J connectivity index is 1.50. The number of carbonyl (C=O) groups excluding carboxylic acids is 2. The molecule has 1 heterocycles. The van der Waals surface area contributed by atoms with Gasteiger partial charge in [0, 0.05) is 25.2 Å². The molecule has 130 valence electrons. The number of anilines is 1. The topological polar surface area (TPSA) is 49.4 Å². The third kappa shape index (κ3) is 4.47. The number of rotatable bonds is 6. The zero-order chi connectivity index (χ0) is 17.6. The van der Waals surface area contributed by atoms with E-state index in [0.29, 0.717) is 19.0 Å². The molecule has 2 aromatic rings. The highest BCUT2D eigenvalue weighted by Crippen LogP contribution is 2.24. The molecule has 2 aromatic carbocycles. The Morgan fingerprint density at radius 2 is 1.76 bits per heavy atom. The van der Waals surface area contributed by atoms with E-state index >= 15 is 0 Å². The first kappa shape index (κ1) is 17.2. The standard InChI is InChI=1S/C21H24N2O2/c1-16(12-17-8-4-2-5-9-17)14-22-21(25)18-13-20(24)23(15-18)19-10-6-3-7-11-19/h2-11,16,18H,12-15H2,1H3,(H,22,25). The molecular weight excluding hydrogens is 312 g/mol. The van der Waals surface area contributed by atoms with Gasteiger partial charge in [-0.05, 0) is 30.0 Å². The van der Waals surface area contributed by atoms with Gasteiger partial charge in [-0.15, -0.1) is 0 Å². The number of carbonyl (C=O) groups is 2. The van der Waals surface area contributed by atoms with Crippen molar-refractivity contribution in [2.24, 2.45) is 11.8 Å². The molecule has 2 amide bonds. The van der Waals surface area contributed by atoms with E-state index in [2.05, 4.69) is 24.4 Å². The van der Waals surface area contributed by atoms with Crippen molar-refractivity contribution < 1.29 is 9.59 Å². The Hall–Kier alpha value is -2.62. The summed E-state index contributed by atoms with van der Waals surface area (Å²) >= 11 is 0. The predicted molar refractivity (Wildman–Crippen MR) is 99.2 cm³/mol. The zero-order valence-corrected chi connectivity index (χ0v) is 14.5. The number of benzene rings is 2. The quantitative estimate of drug-likeness (QED) is 0.881. The molecule has 0 aliphatic carbocycles. The van der Waals surface area contributed by atoms with Crippen molar-refractivity contribution in [2.75, 3.05) is 18.0 Å². The van der Waals surface area contributed by atoms with Crippen LogP contribution in [0.3, 0.4) is 0 Å². The maximum atomic E-state index is 12.4. The highest BCUT2D eigenvalue weighted by atomic mass is 16.2. The lowest BCUT2D eigenvalue weighted by Gasteiger charge is -2.17. The van der Waals surface area contributed by atoms with Crippen molar-refractivity contribution in [3.8, 4) is 0 Å². The summed E-state index contributed by atoms with van der Waals surface area (Å²) in [4.78, 5) is 26.4. The molecule has 25 heavy (non-hydrogen) atoms. The van der Waals surface area contributed by atoms with Gasteiger partial charge in [0.25, 0.3) is 0 Å². The summed E-state index contributed by atoms with van der Waals surface area (Å²) in [7, 11) is 0. The van der Waals surface area contributed by atoms with Gasteiger partial charge < -0.3 is 10.2 Å². The first-order chi connectivity index (χ1) is 12.1. The minimum Gasteiger partial charge on any atom is -0.356 e. The first-order valence-corrected chi connectivity index (χ1v) is 8.80. The van der Waals surface area contributed by atoms with Crippen LogP contribution in [-0.4, -0.2) is 24.9 Å². The highest BCUT2D eigenvalue weighted by Gasteiger charge is 2.34. The van der Waals surface area contributed by atoms with Crippen LogP contribution < -0.4 is 10.2 Å². The van der Waals surface area contributed by atoms with Crippen molar-refractivity contribution >= 4 is 17.5 Å². The average molecular weight is 336 g/mol. The van der Waals surface area contributed by atoms with Crippen LogP contribution in [0.2, 0.25) is 0 Å². The number of nitrogens with one attached hydrogen (secondary N) is 1. The summed E-state index contributed by atoms with van der Waals surface area (Å²) in [5.74, 6) is 0.0840. The van der Waals surface area contributed by atoms with Gasteiger partial charge in [-0.1, -0.05) is 55.5 Å². The number of hydrogen-bond acceptors (Lipinski definition) is 2. The van der Waals surface area contributed by atoms with Crippen molar-refractivity contribution in [1.29, 1.82) is 0 Å². The molecule has 1 aliphatic rings. The fourth-order valence-corrected chi connectivity index (χ4v) is 3.25.